The van der Waals surface area contributed by atoms with E-state index in [4.69, 9.17) is 29.9 Å². The normalized spacial score (nSPS) is 11.6. The number of benzene rings is 12. The first kappa shape index (κ1) is 52.1. The van der Waals surface area contributed by atoms with Crippen molar-refractivity contribution in [3.05, 3.63) is 316 Å². The van der Waals surface area contributed by atoms with Gasteiger partial charge in [0.1, 0.15) is 5.82 Å². The zero-order valence-corrected chi connectivity index (χ0v) is 48.6. The number of fused-ring (bicyclic) bond motifs is 12. The standard InChI is InChI=1S/2C41H26N4/c1-2-11-29(12-3-1)39-35-24-20-27-10-4-5-13-32(27)40(35)44-41(43-39)30-21-25-36(42-26-30)28-18-22-31(23-19-28)45-37-16-8-6-14-33(37)34-15-7-9-17-38(34)45;1-2-11-29(12-3-1)39-35-24-22-28-10-4-5-13-32(28)40(35)44-41(43-39)30-20-18-27(19-21-30)31-23-25-38(42-26-31)45-36-16-8-6-14-33(36)34-15-7-9-17-37(34)45/h2*1-26H. The van der Waals surface area contributed by atoms with Gasteiger partial charge in [-0.15, -0.1) is 0 Å². The monoisotopic (exact) mass is 1150 g/mol. The van der Waals surface area contributed by atoms with Crippen molar-refractivity contribution in [2.75, 3.05) is 0 Å². The van der Waals surface area contributed by atoms with Gasteiger partial charge in [0.2, 0.25) is 0 Å². The first-order valence-corrected chi connectivity index (χ1v) is 30.2. The maximum atomic E-state index is 5.13. The van der Waals surface area contributed by atoms with Crippen molar-refractivity contribution in [2.24, 2.45) is 0 Å². The fourth-order valence-electron chi connectivity index (χ4n) is 13.0. The largest absolute Gasteiger partial charge is 0.309 e. The van der Waals surface area contributed by atoms with Crippen molar-refractivity contribution in [1.82, 2.24) is 39.0 Å². The highest BCUT2D eigenvalue weighted by Crippen LogP contribution is 2.38. The lowest BCUT2D eigenvalue weighted by atomic mass is 10.0. The van der Waals surface area contributed by atoms with Crippen molar-refractivity contribution in [3.8, 4) is 79.2 Å². The van der Waals surface area contributed by atoms with Crippen LogP contribution in [0, 0.1) is 0 Å². The van der Waals surface area contributed by atoms with Gasteiger partial charge in [0, 0.05) is 94.6 Å². The highest BCUT2D eigenvalue weighted by Gasteiger charge is 2.19. The van der Waals surface area contributed by atoms with Crippen LogP contribution in [0.4, 0.5) is 0 Å². The molecule has 90 heavy (non-hydrogen) atoms. The molecule has 0 radical (unpaired) electrons. The number of hydrogen-bond donors (Lipinski definition) is 0. The molecule has 0 fully saturated rings. The maximum Gasteiger partial charge on any atom is 0.162 e. The molecule has 0 spiro atoms. The summed E-state index contributed by atoms with van der Waals surface area (Å²) in [7, 11) is 0. The van der Waals surface area contributed by atoms with Crippen LogP contribution in [0.25, 0.3) is 166 Å². The first-order valence-electron chi connectivity index (χ1n) is 30.2. The Labute approximate surface area is 518 Å². The molecule has 0 aliphatic carbocycles. The SMILES string of the molecule is c1ccc(-c2nc(-c3ccc(-c4ccc(-n5c6ccccc6c6ccccc65)cc4)nc3)nc3c2ccc2ccccc23)cc1.c1ccc(-c2nc(-c3ccc(-c4ccc(-n5c6ccccc6c6ccccc65)nc4)cc3)nc3c2ccc2ccccc23)cc1. The van der Waals surface area contributed by atoms with Crippen LogP contribution >= 0.6 is 0 Å². The van der Waals surface area contributed by atoms with Gasteiger partial charge in [0.15, 0.2) is 11.6 Å². The highest BCUT2D eigenvalue weighted by molar-refractivity contribution is 6.12. The molecule has 18 aromatic rings. The van der Waals surface area contributed by atoms with E-state index in [9.17, 15) is 0 Å². The van der Waals surface area contributed by atoms with Gasteiger partial charge in [-0.25, -0.2) is 24.9 Å². The molecule has 0 amide bonds. The van der Waals surface area contributed by atoms with Crippen LogP contribution in [0.15, 0.2) is 316 Å². The van der Waals surface area contributed by atoms with Gasteiger partial charge < -0.3 is 4.57 Å². The van der Waals surface area contributed by atoms with Crippen LogP contribution in [0.2, 0.25) is 0 Å². The van der Waals surface area contributed by atoms with Crippen molar-refractivity contribution in [1.29, 1.82) is 0 Å². The topological polar surface area (TPSA) is 87.2 Å². The summed E-state index contributed by atoms with van der Waals surface area (Å²) in [6.45, 7) is 0. The molecule has 0 aliphatic heterocycles. The van der Waals surface area contributed by atoms with E-state index in [0.29, 0.717) is 11.6 Å². The lowest BCUT2D eigenvalue weighted by Crippen LogP contribution is -1.97. The third-order valence-electron chi connectivity index (χ3n) is 17.3. The minimum absolute atomic E-state index is 0.665. The van der Waals surface area contributed by atoms with Crippen LogP contribution < -0.4 is 0 Å². The quantitative estimate of drug-likeness (QED) is 0.141. The Hall–Kier alpha value is -12.3. The summed E-state index contributed by atoms with van der Waals surface area (Å²) in [5.74, 6) is 2.28. The number of pyridine rings is 2. The molecule has 0 atom stereocenters. The van der Waals surface area contributed by atoms with Crippen LogP contribution in [0.5, 0.6) is 0 Å². The summed E-state index contributed by atoms with van der Waals surface area (Å²) in [6.07, 6.45) is 3.84. The minimum Gasteiger partial charge on any atom is -0.309 e. The summed E-state index contributed by atoms with van der Waals surface area (Å²) in [4.78, 5) is 30.2. The zero-order valence-electron chi connectivity index (χ0n) is 48.6. The zero-order chi connectivity index (χ0) is 59.5. The summed E-state index contributed by atoms with van der Waals surface area (Å²) in [6, 6.07) is 106. The van der Waals surface area contributed by atoms with Gasteiger partial charge in [-0.1, -0.05) is 231 Å². The highest BCUT2D eigenvalue weighted by atomic mass is 15.1. The number of rotatable bonds is 8. The van der Waals surface area contributed by atoms with Gasteiger partial charge in [0.05, 0.1) is 50.2 Å². The van der Waals surface area contributed by atoms with E-state index in [1.807, 2.05) is 36.7 Å². The molecule has 0 saturated heterocycles. The number of nitrogens with zero attached hydrogens (tertiary/aromatic N) is 8. The molecule has 6 heterocycles. The Balaban J connectivity index is 0.000000139. The molecule has 8 heteroatoms. The smallest absolute Gasteiger partial charge is 0.162 e. The maximum absolute atomic E-state index is 5.13. The number of hydrogen-bond acceptors (Lipinski definition) is 6. The van der Waals surface area contributed by atoms with Gasteiger partial charge in [-0.2, -0.15) is 0 Å². The third kappa shape index (κ3) is 9.09. The van der Waals surface area contributed by atoms with E-state index in [1.54, 1.807) is 0 Å². The van der Waals surface area contributed by atoms with Crippen LogP contribution in [-0.2, 0) is 0 Å². The van der Waals surface area contributed by atoms with Crippen LogP contribution in [-0.4, -0.2) is 39.0 Å². The minimum atomic E-state index is 0.665. The molecular weight excluding hydrogens is 1100 g/mol. The fourth-order valence-corrected chi connectivity index (χ4v) is 13.0. The molecule has 18 rings (SSSR count). The van der Waals surface area contributed by atoms with E-state index in [-0.39, 0.29) is 0 Å². The molecule has 420 valence electrons. The summed E-state index contributed by atoms with van der Waals surface area (Å²) < 4.78 is 4.57. The van der Waals surface area contributed by atoms with Crippen LogP contribution in [0.1, 0.15) is 0 Å². The Morgan fingerprint density at radius 1 is 0.222 bits per heavy atom. The van der Waals surface area contributed by atoms with Gasteiger partial charge in [0.25, 0.3) is 0 Å². The van der Waals surface area contributed by atoms with E-state index < -0.39 is 0 Å². The molecule has 0 bridgehead atoms. The van der Waals surface area contributed by atoms with Crippen molar-refractivity contribution < 1.29 is 0 Å². The second-order valence-electron chi connectivity index (χ2n) is 22.6. The molecule has 6 aromatic heterocycles. The molecular formula is C82H52N8. The number of para-hydroxylation sites is 4. The molecule has 12 aromatic carbocycles. The van der Waals surface area contributed by atoms with E-state index in [0.717, 1.165) is 117 Å². The fraction of sp³-hybridized carbons (Fsp3) is 0. The third-order valence-corrected chi connectivity index (χ3v) is 17.3. The number of aromatic nitrogens is 8. The second kappa shape index (κ2) is 21.9. The Morgan fingerprint density at radius 3 is 1.10 bits per heavy atom. The summed E-state index contributed by atoms with van der Waals surface area (Å²) in [5.41, 5.74) is 17.7. The van der Waals surface area contributed by atoms with Crippen LogP contribution in [0.3, 0.4) is 0 Å². The molecule has 0 aliphatic rings. The van der Waals surface area contributed by atoms with Crippen molar-refractivity contribution >= 4 is 87.0 Å². The molecule has 0 unspecified atom stereocenters. The van der Waals surface area contributed by atoms with Gasteiger partial charge >= 0.3 is 0 Å². The predicted octanol–water partition coefficient (Wildman–Crippen LogP) is 20.6. The summed E-state index contributed by atoms with van der Waals surface area (Å²) in [5, 5.41) is 11.6. The van der Waals surface area contributed by atoms with Gasteiger partial charge in [-0.05, 0) is 89.1 Å². The van der Waals surface area contributed by atoms with Crippen molar-refractivity contribution in [2.45, 2.75) is 0 Å². The second-order valence-corrected chi connectivity index (χ2v) is 22.6. The molecule has 8 nitrogen and oxygen atoms in total. The first-order chi connectivity index (χ1) is 44.6. The predicted molar refractivity (Wildman–Crippen MR) is 371 cm³/mol. The van der Waals surface area contributed by atoms with E-state index in [1.165, 1.54) is 38.0 Å². The molecule has 0 saturated carbocycles. The Bertz CT molecular complexity index is 5280. The Morgan fingerprint density at radius 2 is 0.622 bits per heavy atom. The van der Waals surface area contributed by atoms with E-state index >= 15 is 0 Å². The Kier molecular flexibility index (Phi) is 12.7. The average molecular weight is 1150 g/mol. The average Bonchev–Trinajstić information content (AvgIpc) is 1.88. The summed E-state index contributed by atoms with van der Waals surface area (Å²) >= 11 is 0. The van der Waals surface area contributed by atoms with E-state index in [2.05, 4.69) is 288 Å². The molecule has 0 N–H and O–H groups in total. The lowest BCUT2D eigenvalue weighted by Gasteiger charge is -2.12. The van der Waals surface area contributed by atoms with Gasteiger partial charge in [-0.3, -0.25) is 9.55 Å². The van der Waals surface area contributed by atoms with Crippen molar-refractivity contribution in [3.63, 3.8) is 0 Å². The lowest BCUT2D eigenvalue weighted by molar-refractivity contribution is 1.08.